The highest BCUT2D eigenvalue weighted by atomic mass is 35.5. The maximum absolute atomic E-state index is 13.9. The van der Waals surface area contributed by atoms with Gasteiger partial charge in [0.1, 0.15) is 11.3 Å². The van der Waals surface area contributed by atoms with Crippen LogP contribution in [0.3, 0.4) is 0 Å². The third-order valence-electron chi connectivity index (χ3n) is 6.16. The van der Waals surface area contributed by atoms with Gasteiger partial charge in [-0.15, -0.1) is 0 Å². The van der Waals surface area contributed by atoms with Gasteiger partial charge in [-0.05, 0) is 62.2 Å². The summed E-state index contributed by atoms with van der Waals surface area (Å²) in [7, 11) is 0. The van der Waals surface area contributed by atoms with E-state index >= 15 is 0 Å². The predicted octanol–water partition coefficient (Wildman–Crippen LogP) is 4.06. The zero-order valence-corrected chi connectivity index (χ0v) is 21.6. The lowest BCUT2D eigenvalue weighted by Crippen LogP contribution is -2.42. The highest BCUT2D eigenvalue weighted by Crippen LogP contribution is 2.29. The molecular formula is C27H27ClN6O3. The quantitative estimate of drug-likeness (QED) is 0.304. The number of aryl methyl sites for hydroxylation is 1. The number of alkyl halides is 1. The minimum Gasteiger partial charge on any atom is -0.399 e. The molecule has 37 heavy (non-hydrogen) atoms. The van der Waals surface area contributed by atoms with Gasteiger partial charge in [-0.25, -0.2) is 14.9 Å². The molecule has 0 spiro atoms. The molecule has 1 saturated heterocycles. The lowest BCUT2D eigenvalue weighted by atomic mass is 9.85. The number of hydrogen-bond donors (Lipinski definition) is 1. The number of anilines is 3. The molecule has 0 aliphatic carbocycles. The summed E-state index contributed by atoms with van der Waals surface area (Å²) >= 11 is 6.12. The summed E-state index contributed by atoms with van der Waals surface area (Å²) in [5, 5.41) is 9.57. The molecule has 190 valence electrons. The van der Waals surface area contributed by atoms with Gasteiger partial charge in [0.15, 0.2) is 0 Å². The second-order valence-corrected chi connectivity index (χ2v) is 9.76. The maximum Gasteiger partial charge on any atom is 0.284 e. The van der Waals surface area contributed by atoms with Crippen LogP contribution in [0, 0.1) is 18.3 Å². The van der Waals surface area contributed by atoms with Crippen molar-refractivity contribution in [1.82, 2.24) is 9.97 Å². The predicted molar refractivity (Wildman–Crippen MR) is 142 cm³/mol. The molecule has 1 aromatic heterocycles. The number of rotatable bonds is 5. The van der Waals surface area contributed by atoms with E-state index in [4.69, 9.17) is 22.1 Å². The molecule has 2 amide bonds. The molecule has 1 fully saturated rings. The van der Waals surface area contributed by atoms with Crippen molar-refractivity contribution in [2.45, 2.75) is 31.7 Å². The molecule has 0 radical (unpaired) electrons. The first kappa shape index (κ1) is 26.1. The Morgan fingerprint density at radius 3 is 2.73 bits per heavy atom. The fraction of sp³-hybridized carbons (Fsp3) is 0.296. The monoisotopic (exact) mass is 518 g/mol. The highest BCUT2D eigenvalue weighted by molar-refractivity contribution is 6.25. The second kappa shape index (κ2) is 10.5. The lowest BCUT2D eigenvalue weighted by molar-refractivity contribution is 0.0894. The zero-order valence-electron chi connectivity index (χ0n) is 20.8. The number of nitrogens with two attached hydrogens (primary N) is 1. The Morgan fingerprint density at radius 1 is 1.22 bits per heavy atom. The molecule has 0 saturated carbocycles. The smallest absolute Gasteiger partial charge is 0.284 e. The second-order valence-electron chi connectivity index (χ2n) is 9.28. The molecule has 4 rings (SSSR count). The number of aromatic nitrogens is 2. The molecule has 10 heteroatoms. The first-order valence-electron chi connectivity index (χ1n) is 11.7. The van der Waals surface area contributed by atoms with Gasteiger partial charge in [0.2, 0.25) is 5.95 Å². The Morgan fingerprint density at radius 2 is 2.00 bits per heavy atom. The third-order valence-corrected chi connectivity index (χ3v) is 6.42. The van der Waals surface area contributed by atoms with Gasteiger partial charge in [-0.3, -0.25) is 9.59 Å². The first-order valence-corrected chi connectivity index (χ1v) is 12.1. The lowest BCUT2D eigenvalue weighted by Gasteiger charge is -2.30. The van der Waals surface area contributed by atoms with E-state index in [1.165, 1.54) is 12.3 Å². The number of nitrogen functional groups attached to an aromatic ring is 1. The fourth-order valence-corrected chi connectivity index (χ4v) is 4.19. The SMILES string of the molecule is Cc1ccc(N)cc1N(C(=O)c1cccc(C(C)(C)C#N)c1)C(=O)c1ccnc(N2CCOC(Cl)C2)n1. The standard InChI is InChI=1S/C27H27ClN6O3/c1-17-7-8-20(30)14-22(17)34(24(35)18-5-4-6-19(13-18)27(2,3)16-29)25(36)21-9-10-31-26(32-21)33-11-12-37-23(28)15-33/h4-10,13-14,23H,11-12,15,30H2,1-3H3. The molecule has 3 aromatic rings. The van der Waals surface area contributed by atoms with Crippen LogP contribution >= 0.6 is 11.6 Å². The van der Waals surface area contributed by atoms with E-state index in [1.807, 2.05) is 4.90 Å². The number of hydrogen-bond acceptors (Lipinski definition) is 8. The van der Waals surface area contributed by atoms with Crippen molar-refractivity contribution < 1.29 is 14.3 Å². The Labute approximate surface area is 220 Å². The summed E-state index contributed by atoms with van der Waals surface area (Å²) < 4.78 is 5.37. The van der Waals surface area contributed by atoms with Crippen molar-refractivity contribution in [3.05, 3.63) is 77.1 Å². The van der Waals surface area contributed by atoms with Crippen molar-refractivity contribution >= 4 is 40.7 Å². The molecule has 2 N–H and O–H groups in total. The topological polar surface area (TPSA) is 125 Å². The summed E-state index contributed by atoms with van der Waals surface area (Å²) in [6, 6.07) is 15.4. The number of morpholine rings is 1. The largest absolute Gasteiger partial charge is 0.399 e. The van der Waals surface area contributed by atoms with Gasteiger partial charge in [-0.2, -0.15) is 5.26 Å². The molecule has 1 atom stereocenters. The summed E-state index contributed by atoms with van der Waals surface area (Å²) in [5.74, 6) is -0.890. The van der Waals surface area contributed by atoms with Crippen LogP contribution in [0.2, 0.25) is 0 Å². The average molecular weight is 519 g/mol. The molecule has 2 heterocycles. The highest BCUT2D eigenvalue weighted by Gasteiger charge is 2.31. The first-order chi connectivity index (χ1) is 17.6. The normalized spacial score (nSPS) is 15.6. The number of benzene rings is 2. The number of imide groups is 1. The molecule has 9 nitrogen and oxygen atoms in total. The van der Waals surface area contributed by atoms with Crippen LogP contribution in [-0.4, -0.2) is 47.0 Å². The molecule has 2 aromatic carbocycles. The van der Waals surface area contributed by atoms with E-state index in [1.54, 1.807) is 63.2 Å². The van der Waals surface area contributed by atoms with Crippen molar-refractivity contribution in [2.24, 2.45) is 0 Å². The minimum atomic E-state index is -0.821. The van der Waals surface area contributed by atoms with Crippen molar-refractivity contribution in [3.8, 4) is 6.07 Å². The van der Waals surface area contributed by atoms with Gasteiger partial charge >= 0.3 is 0 Å². The Balaban J connectivity index is 1.78. The van der Waals surface area contributed by atoms with Crippen molar-refractivity contribution in [2.75, 3.05) is 35.2 Å². The van der Waals surface area contributed by atoms with Gasteiger partial charge < -0.3 is 15.4 Å². The van der Waals surface area contributed by atoms with Gasteiger partial charge in [-0.1, -0.05) is 29.8 Å². The van der Waals surface area contributed by atoms with Gasteiger partial charge in [0.25, 0.3) is 11.8 Å². The molecule has 1 aliphatic rings. The number of nitriles is 1. The van der Waals surface area contributed by atoms with Crippen LogP contribution in [0.25, 0.3) is 0 Å². The van der Waals surface area contributed by atoms with Crippen LogP contribution in [-0.2, 0) is 10.2 Å². The number of nitrogens with zero attached hydrogens (tertiary/aromatic N) is 5. The molecule has 1 aliphatic heterocycles. The zero-order chi connectivity index (χ0) is 26.7. The van der Waals surface area contributed by atoms with Crippen LogP contribution in [0.5, 0.6) is 0 Å². The summed E-state index contributed by atoms with van der Waals surface area (Å²) in [6.07, 6.45) is 1.47. The summed E-state index contributed by atoms with van der Waals surface area (Å²) in [5.41, 5.74) is 7.06. The van der Waals surface area contributed by atoms with E-state index in [9.17, 15) is 14.9 Å². The number of halogens is 1. The van der Waals surface area contributed by atoms with Crippen LogP contribution in [0.4, 0.5) is 17.3 Å². The van der Waals surface area contributed by atoms with E-state index in [0.29, 0.717) is 48.1 Å². The minimum absolute atomic E-state index is 0.0336. The van der Waals surface area contributed by atoms with E-state index < -0.39 is 22.8 Å². The van der Waals surface area contributed by atoms with Gasteiger partial charge in [0, 0.05) is 24.0 Å². The molecule has 1 unspecified atom stereocenters. The Kier molecular flexibility index (Phi) is 7.43. The summed E-state index contributed by atoms with van der Waals surface area (Å²) in [6.45, 7) is 6.59. The number of amides is 2. The van der Waals surface area contributed by atoms with E-state index in [0.717, 1.165) is 4.90 Å². The molecular weight excluding hydrogens is 492 g/mol. The van der Waals surface area contributed by atoms with Crippen LogP contribution in [0.1, 0.15) is 45.8 Å². The third kappa shape index (κ3) is 5.56. The van der Waals surface area contributed by atoms with Crippen LogP contribution < -0.4 is 15.5 Å². The fourth-order valence-electron chi connectivity index (χ4n) is 3.94. The summed E-state index contributed by atoms with van der Waals surface area (Å²) in [4.78, 5) is 39.5. The average Bonchev–Trinajstić information content (AvgIpc) is 2.90. The molecule has 0 bridgehead atoms. The number of ether oxygens (including phenoxy) is 1. The van der Waals surface area contributed by atoms with Gasteiger partial charge in [0.05, 0.1) is 30.3 Å². The van der Waals surface area contributed by atoms with E-state index in [-0.39, 0.29) is 11.3 Å². The van der Waals surface area contributed by atoms with Crippen molar-refractivity contribution in [1.29, 1.82) is 5.26 Å². The van der Waals surface area contributed by atoms with Crippen molar-refractivity contribution in [3.63, 3.8) is 0 Å². The van der Waals surface area contributed by atoms with E-state index in [2.05, 4.69) is 16.0 Å². The maximum atomic E-state index is 13.9. The Bertz CT molecular complexity index is 1390. The number of carbonyl (C=O) groups is 2. The van der Waals surface area contributed by atoms with Crippen LogP contribution in [0.15, 0.2) is 54.7 Å². The number of carbonyl (C=O) groups excluding carboxylic acids is 2. The Hall–Kier alpha value is -4.00.